The van der Waals surface area contributed by atoms with Crippen molar-refractivity contribution in [2.45, 2.75) is 39.2 Å². The number of anilines is 1. The number of rotatable bonds is 7. The predicted molar refractivity (Wildman–Crippen MR) is 119 cm³/mol. The first-order valence-corrected chi connectivity index (χ1v) is 11.7. The Labute approximate surface area is 175 Å². The Morgan fingerprint density at radius 1 is 1.24 bits per heavy atom. The second-order valence-electron chi connectivity index (χ2n) is 7.67. The van der Waals surface area contributed by atoms with Crippen molar-refractivity contribution in [3.63, 3.8) is 0 Å². The van der Waals surface area contributed by atoms with Crippen molar-refractivity contribution < 1.29 is 9.53 Å². The topological polar surface area (TPSA) is 69.0 Å². The fourth-order valence-corrected chi connectivity index (χ4v) is 4.45. The first kappa shape index (κ1) is 20.0. The van der Waals surface area contributed by atoms with Crippen molar-refractivity contribution in [2.24, 2.45) is 11.8 Å². The third-order valence-corrected chi connectivity index (χ3v) is 6.20. The van der Waals surface area contributed by atoms with Crippen molar-refractivity contribution in [3.05, 3.63) is 30.5 Å². The van der Waals surface area contributed by atoms with Crippen molar-refractivity contribution in [1.29, 1.82) is 0 Å². The van der Waals surface area contributed by atoms with Gasteiger partial charge in [0.25, 0.3) is 0 Å². The van der Waals surface area contributed by atoms with Gasteiger partial charge in [-0.15, -0.1) is 11.8 Å². The number of hydrogen-bond donors (Lipinski definition) is 1. The Hall–Kier alpha value is -2.28. The van der Waals surface area contributed by atoms with Crippen LogP contribution >= 0.6 is 11.8 Å². The summed E-state index contributed by atoms with van der Waals surface area (Å²) in [6.07, 6.45) is 7.79. The number of fused-ring (bicyclic) bond motifs is 2. The molecule has 1 saturated carbocycles. The number of esters is 1. The number of benzene rings is 1. The third kappa shape index (κ3) is 4.20. The summed E-state index contributed by atoms with van der Waals surface area (Å²) in [5.74, 6) is 1.05. The molecule has 7 heteroatoms. The Bertz CT molecular complexity index is 995. The molecule has 0 amide bonds. The minimum Gasteiger partial charge on any atom is -0.454 e. The molecule has 3 aromatic rings. The number of para-hydroxylation sites is 1. The Balaban J connectivity index is 1.47. The molecule has 0 aliphatic heterocycles. The molecule has 1 aliphatic carbocycles. The van der Waals surface area contributed by atoms with E-state index in [1.165, 1.54) is 0 Å². The molecule has 4 rings (SSSR count). The standard InChI is InChI=1S/C22H28N4O2S/c1-3-26-21-18(13-24-26)20(17-6-4-5-7-19(17)25-21)23-12-15-8-10-16(11-9-15)22(27)28-14-29-2/h4-7,13,15-16H,3,8-12,14H2,1-2H3,(H,23,25). The fraction of sp³-hybridized carbons (Fsp3) is 0.500. The number of aryl methyl sites for hydroxylation is 1. The van der Waals surface area contributed by atoms with Gasteiger partial charge in [0, 0.05) is 18.5 Å². The Morgan fingerprint density at radius 2 is 2.03 bits per heavy atom. The summed E-state index contributed by atoms with van der Waals surface area (Å²) in [7, 11) is 0. The molecule has 0 spiro atoms. The highest BCUT2D eigenvalue weighted by Crippen LogP contribution is 2.33. The van der Waals surface area contributed by atoms with Crippen molar-refractivity contribution >= 4 is 45.4 Å². The zero-order chi connectivity index (χ0) is 20.2. The monoisotopic (exact) mass is 412 g/mol. The average Bonchev–Trinajstić information content (AvgIpc) is 3.18. The second kappa shape index (κ2) is 9.03. The van der Waals surface area contributed by atoms with Crippen LogP contribution in [-0.4, -0.2) is 39.5 Å². The van der Waals surface area contributed by atoms with Crippen LogP contribution in [0.2, 0.25) is 0 Å². The van der Waals surface area contributed by atoms with Crippen LogP contribution in [0.4, 0.5) is 5.69 Å². The average molecular weight is 413 g/mol. The minimum absolute atomic E-state index is 0.0282. The number of carbonyl (C=O) groups excluding carboxylic acids is 1. The van der Waals surface area contributed by atoms with Gasteiger partial charge in [-0.2, -0.15) is 5.10 Å². The van der Waals surface area contributed by atoms with E-state index < -0.39 is 0 Å². The van der Waals surface area contributed by atoms with Gasteiger partial charge in [0.2, 0.25) is 0 Å². The number of thioether (sulfide) groups is 1. The van der Waals surface area contributed by atoms with E-state index in [1.807, 2.05) is 23.2 Å². The molecule has 0 unspecified atom stereocenters. The molecule has 1 N–H and O–H groups in total. The van der Waals surface area contributed by atoms with Crippen LogP contribution in [0.5, 0.6) is 0 Å². The Kier molecular flexibility index (Phi) is 6.23. The first-order chi connectivity index (χ1) is 14.2. The zero-order valence-corrected chi connectivity index (χ0v) is 17.9. The summed E-state index contributed by atoms with van der Waals surface area (Å²) in [6.45, 7) is 3.77. The molecule has 1 aliphatic rings. The van der Waals surface area contributed by atoms with E-state index in [0.29, 0.717) is 11.9 Å². The SMILES string of the molecule is CCn1ncc2c(NCC3CCC(C(=O)OCSC)CC3)c3ccccc3nc21. The van der Waals surface area contributed by atoms with E-state index in [4.69, 9.17) is 9.72 Å². The van der Waals surface area contributed by atoms with Crippen LogP contribution in [0.3, 0.4) is 0 Å². The largest absolute Gasteiger partial charge is 0.454 e. The lowest BCUT2D eigenvalue weighted by molar-refractivity contribution is -0.147. The molecule has 2 heterocycles. The summed E-state index contributed by atoms with van der Waals surface area (Å²) in [5.41, 5.74) is 3.03. The first-order valence-electron chi connectivity index (χ1n) is 10.3. The molecule has 6 nitrogen and oxygen atoms in total. The zero-order valence-electron chi connectivity index (χ0n) is 17.1. The van der Waals surface area contributed by atoms with Crippen LogP contribution in [0, 0.1) is 11.8 Å². The summed E-state index contributed by atoms with van der Waals surface area (Å²) in [4.78, 5) is 16.9. The normalized spacial score (nSPS) is 19.5. The lowest BCUT2D eigenvalue weighted by atomic mass is 9.82. The second-order valence-corrected chi connectivity index (χ2v) is 8.48. The molecule has 0 saturated heterocycles. The molecule has 29 heavy (non-hydrogen) atoms. The van der Waals surface area contributed by atoms with E-state index in [0.717, 1.165) is 66.4 Å². The molecule has 0 radical (unpaired) electrons. The summed E-state index contributed by atoms with van der Waals surface area (Å²) >= 11 is 1.54. The van der Waals surface area contributed by atoms with Crippen LogP contribution in [0.1, 0.15) is 32.6 Å². The van der Waals surface area contributed by atoms with E-state index >= 15 is 0 Å². The quantitative estimate of drug-likeness (QED) is 0.449. The summed E-state index contributed by atoms with van der Waals surface area (Å²) in [6, 6.07) is 8.25. The number of nitrogens with one attached hydrogen (secondary N) is 1. The number of ether oxygens (including phenoxy) is 1. The number of aromatic nitrogens is 3. The van der Waals surface area contributed by atoms with Gasteiger partial charge in [0.1, 0.15) is 5.94 Å². The van der Waals surface area contributed by atoms with Gasteiger partial charge < -0.3 is 10.1 Å². The van der Waals surface area contributed by atoms with E-state index in [-0.39, 0.29) is 11.9 Å². The smallest absolute Gasteiger partial charge is 0.309 e. The van der Waals surface area contributed by atoms with Gasteiger partial charge in [-0.05, 0) is 50.8 Å². The van der Waals surface area contributed by atoms with Gasteiger partial charge >= 0.3 is 5.97 Å². The molecule has 0 atom stereocenters. The van der Waals surface area contributed by atoms with Crippen LogP contribution in [0.15, 0.2) is 30.5 Å². The molecular formula is C22H28N4O2S. The van der Waals surface area contributed by atoms with E-state index in [1.54, 1.807) is 11.8 Å². The van der Waals surface area contributed by atoms with Gasteiger partial charge in [0.15, 0.2) is 5.65 Å². The van der Waals surface area contributed by atoms with Crippen LogP contribution in [0.25, 0.3) is 21.9 Å². The Morgan fingerprint density at radius 3 is 2.79 bits per heavy atom. The number of nitrogens with zero attached hydrogens (tertiary/aromatic N) is 3. The predicted octanol–water partition coefficient (Wildman–Crippen LogP) is 4.69. The highest BCUT2D eigenvalue weighted by molar-refractivity contribution is 7.98. The van der Waals surface area contributed by atoms with Gasteiger partial charge in [-0.25, -0.2) is 9.67 Å². The van der Waals surface area contributed by atoms with Gasteiger partial charge in [-0.3, -0.25) is 4.79 Å². The molecule has 1 aromatic carbocycles. The van der Waals surface area contributed by atoms with E-state index in [9.17, 15) is 4.79 Å². The van der Waals surface area contributed by atoms with Crippen molar-refractivity contribution in [3.8, 4) is 0 Å². The molecule has 154 valence electrons. The van der Waals surface area contributed by atoms with Crippen LogP contribution in [-0.2, 0) is 16.1 Å². The van der Waals surface area contributed by atoms with Crippen molar-refractivity contribution in [2.75, 3.05) is 24.1 Å². The maximum atomic E-state index is 12.1. The maximum absolute atomic E-state index is 12.1. The lowest BCUT2D eigenvalue weighted by Gasteiger charge is -2.27. The summed E-state index contributed by atoms with van der Waals surface area (Å²) in [5, 5.41) is 10.4. The molecule has 1 fully saturated rings. The highest BCUT2D eigenvalue weighted by Gasteiger charge is 2.27. The number of pyridine rings is 1. The fourth-order valence-electron chi connectivity index (χ4n) is 4.22. The van der Waals surface area contributed by atoms with Gasteiger partial charge in [-0.1, -0.05) is 18.2 Å². The number of hydrogen-bond acceptors (Lipinski definition) is 6. The van der Waals surface area contributed by atoms with Gasteiger partial charge in [0.05, 0.1) is 28.7 Å². The minimum atomic E-state index is -0.0282. The molecule has 0 bridgehead atoms. The number of carbonyl (C=O) groups is 1. The summed E-state index contributed by atoms with van der Waals surface area (Å²) < 4.78 is 7.24. The highest BCUT2D eigenvalue weighted by atomic mass is 32.2. The van der Waals surface area contributed by atoms with Crippen LogP contribution < -0.4 is 5.32 Å². The van der Waals surface area contributed by atoms with Crippen molar-refractivity contribution in [1.82, 2.24) is 14.8 Å². The van der Waals surface area contributed by atoms with E-state index in [2.05, 4.69) is 35.5 Å². The lowest BCUT2D eigenvalue weighted by Crippen LogP contribution is -2.26. The third-order valence-electron chi connectivity index (χ3n) is 5.85. The molecule has 2 aromatic heterocycles. The maximum Gasteiger partial charge on any atom is 0.309 e. The molecular weight excluding hydrogens is 384 g/mol.